The molecule has 0 atom stereocenters. The van der Waals surface area contributed by atoms with Crippen molar-refractivity contribution in [3.05, 3.63) is 28.3 Å². The summed E-state index contributed by atoms with van der Waals surface area (Å²) in [6, 6.07) is 4.32. The van der Waals surface area contributed by atoms with Crippen molar-refractivity contribution < 1.29 is 14.5 Å². The van der Waals surface area contributed by atoms with Gasteiger partial charge in [0.2, 0.25) is 5.91 Å². The highest BCUT2D eigenvalue weighted by molar-refractivity contribution is 5.95. The highest BCUT2D eigenvalue weighted by Gasteiger charge is 2.26. The molecule has 102 valence electrons. The summed E-state index contributed by atoms with van der Waals surface area (Å²) >= 11 is 0. The Hall–Kier alpha value is -2.11. The largest absolute Gasteiger partial charge is 0.490 e. The number of ether oxygens (including phenoxy) is 1. The molecule has 0 fully saturated rings. The van der Waals surface area contributed by atoms with E-state index in [9.17, 15) is 14.9 Å². The quantitative estimate of drug-likeness (QED) is 0.620. The predicted molar refractivity (Wildman–Crippen MR) is 70.4 cm³/mol. The average molecular weight is 264 g/mol. The summed E-state index contributed by atoms with van der Waals surface area (Å²) < 4.78 is 5.43. The fourth-order valence-corrected chi connectivity index (χ4v) is 2.04. The van der Waals surface area contributed by atoms with Gasteiger partial charge in [0.25, 0.3) is 5.69 Å². The molecule has 19 heavy (non-hydrogen) atoms. The number of benzene rings is 1. The number of hydrogen-bond acceptors (Lipinski definition) is 4. The van der Waals surface area contributed by atoms with Crippen molar-refractivity contribution >= 4 is 17.3 Å². The van der Waals surface area contributed by atoms with Crippen LogP contribution in [0, 0.1) is 16.0 Å². The Labute approximate surface area is 111 Å². The van der Waals surface area contributed by atoms with Crippen LogP contribution in [-0.2, 0) is 4.79 Å². The molecule has 0 spiro atoms. The highest BCUT2D eigenvalue weighted by Crippen LogP contribution is 2.35. The maximum atomic E-state index is 12.2. The lowest BCUT2D eigenvalue weighted by molar-refractivity contribution is -0.384. The predicted octanol–water partition coefficient (Wildman–Crippen LogP) is 2.37. The number of amides is 1. The number of rotatable bonds is 3. The number of carbonyl (C=O) groups excluding carboxylic acids is 1. The molecule has 0 saturated carbocycles. The first-order valence-electron chi connectivity index (χ1n) is 6.20. The lowest BCUT2D eigenvalue weighted by atomic mass is 10.1. The van der Waals surface area contributed by atoms with Gasteiger partial charge in [-0.1, -0.05) is 13.8 Å². The summed E-state index contributed by atoms with van der Waals surface area (Å²) in [5.41, 5.74) is 0.456. The number of nitro benzene ring substituents is 1. The van der Waals surface area contributed by atoms with E-state index in [0.29, 0.717) is 31.0 Å². The van der Waals surface area contributed by atoms with Gasteiger partial charge in [0.05, 0.1) is 17.2 Å². The van der Waals surface area contributed by atoms with E-state index in [1.165, 1.54) is 12.1 Å². The molecule has 6 heteroatoms. The second-order valence-electron chi connectivity index (χ2n) is 4.90. The standard InChI is InChI=1S/C13H16N2O4/c1-9(2)7-13(16)14-5-6-19-12-4-3-10(15(17)18)8-11(12)14/h3-4,8-9H,5-7H2,1-2H3. The van der Waals surface area contributed by atoms with Crippen molar-refractivity contribution in [1.82, 2.24) is 0 Å². The van der Waals surface area contributed by atoms with Crippen LogP contribution in [0.2, 0.25) is 0 Å². The molecular weight excluding hydrogens is 248 g/mol. The van der Waals surface area contributed by atoms with Gasteiger partial charge in [0, 0.05) is 18.6 Å². The molecule has 1 aromatic carbocycles. The van der Waals surface area contributed by atoms with Crippen LogP contribution in [0.25, 0.3) is 0 Å². The smallest absolute Gasteiger partial charge is 0.271 e. The lowest BCUT2D eigenvalue weighted by Gasteiger charge is -2.29. The second kappa shape index (κ2) is 5.26. The second-order valence-corrected chi connectivity index (χ2v) is 4.90. The summed E-state index contributed by atoms with van der Waals surface area (Å²) in [7, 11) is 0. The molecule has 0 N–H and O–H groups in total. The number of anilines is 1. The van der Waals surface area contributed by atoms with Crippen molar-refractivity contribution in [2.45, 2.75) is 20.3 Å². The Morgan fingerprint density at radius 3 is 2.89 bits per heavy atom. The summed E-state index contributed by atoms with van der Waals surface area (Å²) in [6.45, 7) is 4.77. The molecule has 1 aliphatic heterocycles. The molecule has 0 bridgehead atoms. The van der Waals surface area contributed by atoms with E-state index in [2.05, 4.69) is 0 Å². The van der Waals surface area contributed by atoms with Crippen LogP contribution >= 0.6 is 0 Å². The normalized spacial score (nSPS) is 13.9. The third-order valence-corrected chi connectivity index (χ3v) is 2.90. The van der Waals surface area contributed by atoms with Crippen molar-refractivity contribution in [3.63, 3.8) is 0 Å². The minimum atomic E-state index is -0.472. The molecule has 0 unspecified atom stereocenters. The third kappa shape index (κ3) is 2.83. The van der Waals surface area contributed by atoms with E-state index in [4.69, 9.17) is 4.74 Å². The Morgan fingerprint density at radius 1 is 1.53 bits per heavy atom. The van der Waals surface area contributed by atoms with E-state index in [0.717, 1.165) is 0 Å². The van der Waals surface area contributed by atoms with Crippen molar-refractivity contribution in [3.8, 4) is 5.75 Å². The van der Waals surface area contributed by atoms with Gasteiger partial charge >= 0.3 is 0 Å². The zero-order valence-electron chi connectivity index (χ0n) is 11.0. The Kier molecular flexibility index (Phi) is 3.69. The molecule has 0 aromatic heterocycles. The molecular formula is C13H16N2O4. The molecule has 0 aliphatic carbocycles. The SMILES string of the molecule is CC(C)CC(=O)N1CCOc2ccc([N+](=O)[O-])cc21. The van der Waals surface area contributed by atoms with Gasteiger partial charge in [-0.3, -0.25) is 14.9 Å². The first-order chi connectivity index (χ1) is 8.99. The van der Waals surface area contributed by atoms with Gasteiger partial charge in [-0.15, -0.1) is 0 Å². The highest BCUT2D eigenvalue weighted by atomic mass is 16.6. The monoisotopic (exact) mass is 264 g/mol. The molecule has 2 rings (SSSR count). The molecule has 6 nitrogen and oxygen atoms in total. The molecule has 0 saturated heterocycles. The van der Waals surface area contributed by atoms with Gasteiger partial charge in [0.1, 0.15) is 12.4 Å². The van der Waals surface area contributed by atoms with Gasteiger partial charge in [-0.2, -0.15) is 0 Å². The van der Waals surface area contributed by atoms with Crippen LogP contribution in [0.5, 0.6) is 5.75 Å². The van der Waals surface area contributed by atoms with E-state index in [1.807, 2.05) is 13.8 Å². The van der Waals surface area contributed by atoms with Crippen LogP contribution in [0.15, 0.2) is 18.2 Å². The summed E-state index contributed by atoms with van der Waals surface area (Å²) in [5.74, 6) is 0.742. The number of carbonyl (C=O) groups is 1. The minimum absolute atomic E-state index is 0.0277. The van der Waals surface area contributed by atoms with Crippen LogP contribution in [0.4, 0.5) is 11.4 Å². The Balaban J connectivity index is 2.34. The third-order valence-electron chi connectivity index (χ3n) is 2.90. The molecule has 1 aromatic rings. The van der Waals surface area contributed by atoms with Crippen LogP contribution in [0.1, 0.15) is 20.3 Å². The molecule has 1 heterocycles. The van der Waals surface area contributed by atoms with Crippen LogP contribution in [0.3, 0.4) is 0 Å². The maximum Gasteiger partial charge on any atom is 0.271 e. The summed E-state index contributed by atoms with van der Waals surface area (Å²) in [5, 5.41) is 10.8. The number of non-ortho nitro benzene ring substituents is 1. The van der Waals surface area contributed by atoms with Gasteiger partial charge in [-0.25, -0.2) is 0 Å². The minimum Gasteiger partial charge on any atom is -0.490 e. The van der Waals surface area contributed by atoms with Crippen molar-refractivity contribution in [2.75, 3.05) is 18.1 Å². The molecule has 0 radical (unpaired) electrons. The topological polar surface area (TPSA) is 72.7 Å². The van der Waals surface area contributed by atoms with E-state index in [-0.39, 0.29) is 17.5 Å². The fraction of sp³-hybridized carbons (Fsp3) is 0.462. The number of nitro groups is 1. The lowest BCUT2D eigenvalue weighted by Crippen LogP contribution is -2.38. The Bertz CT molecular complexity index is 513. The van der Waals surface area contributed by atoms with Gasteiger partial charge in [-0.05, 0) is 12.0 Å². The van der Waals surface area contributed by atoms with E-state index < -0.39 is 4.92 Å². The van der Waals surface area contributed by atoms with Gasteiger partial charge < -0.3 is 9.64 Å². The zero-order valence-corrected chi connectivity index (χ0v) is 11.0. The number of hydrogen-bond donors (Lipinski definition) is 0. The average Bonchev–Trinajstić information content (AvgIpc) is 2.36. The fourth-order valence-electron chi connectivity index (χ4n) is 2.04. The van der Waals surface area contributed by atoms with Gasteiger partial charge in [0.15, 0.2) is 0 Å². The first-order valence-corrected chi connectivity index (χ1v) is 6.20. The van der Waals surface area contributed by atoms with Crippen LogP contribution in [-0.4, -0.2) is 24.0 Å². The number of fused-ring (bicyclic) bond motifs is 1. The maximum absolute atomic E-state index is 12.2. The molecule has 1 amide bonds. The van der Waals surface area contributed by atoms with Crippen LogP contribution < -0.4 is 9.64 Å². The van der Waals surface area contributed by atoms with Crippen molar-refractivity contribution in [1.29, 1.82) is 0 Å². The summed E-state index contributed by atoms with van der Waals surface area (Å²) in [4.78, 5) is 24.1. The van der Waals surface area contributed by atoms with Crippen molar-refractivity contribution in [2.24, 2.45) is 5.92 Å². The van der Waals surface area contributed by atoms with E-state index in [1.54, 1.807) is 11.0 Å². The number of nitrogens with zero attached hydrogens (tertiary/aromatic N) is 2. The molecule has 1 aliphatic rings. The van der Waals surface area contributed by atoms with E-state index >= 15 is 0 Å². The zero-order chi connectivity index (χ0) is 14.0. The summed E-state index contributed by atoms with van der Waals surface area (Å²) in [6.07, 6.45) is 0.419. The first kappa shape index (κ1) is 13.3. The Morgan fingerprint density at radius 2 is 2.26 bits per heavy atom.